The summed E-state index contributed by atoms with van der Waals surface area (Å²) in [6.07, 6.45) is 0.693. The standard InChI is InChI=1S/C17H20N2O5S/c1-23-13-6-9-16(24-2)15(11-13)19-17(20)10-5-12-3-7-14(8-4-12)25(18,21)22/h3-4,6-9,11H,5,10H2,1-2H3,(H,19,20)(H2,18,21,22). The van der Waals surface area contributed by atoms with Gasteiger partial charge in [0.1, 0.15) is 11.5 Å². The van der Waals surface area contributed by atoms with Crippen LogP contribution >= 0.6 is 0 Å². The molecule has 0 aromatic heterocycles. The van der Waals surface area contributed by atoms with Gasteiger partial charge in [-0.3, -0.25) is 4.79 Å². The largest absolute Gasteiger partial charge is 0.497 e. The van der Waals surface area contributed by atoms with E-state index in [1.54, 1.807) is 37.4 Å². The van der Waals surface area contributed by atoms with E-state index in [1.165, 1.54) is 19.2 Å². The van der Waals surface area contributed by atoms with Gasteiger partial charge in [0.25, 0.3) is 0 Å². The molecule has 0 saturated heterocycles. The number of methoxy groups -OCH3 is 2. The molecule has 0 saturated carbocycles. The van der Waals surface area contributed by atoms with Gasteiger partial charge in [0.2, 0.25) is 15.9 Å². The van der Waals surface area contributed by atoms with Crippen molar-refractivity contribution >= 4 is 21.6 Å². The van der Waals surface area contributed by atoms with Gasteiger partial charge in [0.15, 0.2) is 0 Å². The van der Waals surface area contributed by atoms with E-state index in [9.17, 15) is 13.2 Å². The summed E-state index contributed by atoms with van der Waals surface area (Å²) in [6.45, 7) is 0. The van der Waals surface area contributed by atoms with Crippen LogP contribution in [0.25, 0.3) is 0 Å². The van der Waals surface area contributed by atoms with Gasteiger partial charge < -0.3 is 14.8 Å². The van der Waals surface area contributed by atoms with Gasteiger partial charge in [-0.15, -0.1) is 0 Å². The van der Waals surface area contributed by atoms with Crippen molar-refractivity contribution in [2.75, 3.05) is 19.5 Å². The maximum atomic E-state index is 12.2. The van der Waals surface area contributed by atoms with Gasteiger partial charge in [-0.05, 0) is 36.2 Å². The molecular formula is C17H20N2O5S. The number of carbonyl (C=O) groups is 1. The summed E-state index contributed by atoms with van der Waals surface area (Å²) in [7, 11) is -0.652. The summed E-state index contributed by atoms with van der Waals surface area (Å²) >= 11 is 0. The number of anilines is 1. The van der Waals surface area contributed by atoms with Crippen molar-refractivity contribution in [1.82, 2.24) is 0 Å². The number of hydrogen-bond acceptors (Lipinski definition) is 5. The number of rotatable bonds is 7. The number of hydrogen-bond donors (Lipinski definition) is 2. The zero-order valence-corrected chi connectivity index (χ0v) is 14.8. The maximum Gasteiger partial charge on any atom is 0.238 e. The third-order valence-corrected chi connectivity index (χ3v) is 4.50. The highest BCUT2D eigenvalue weighted by Crippen LogP contribution is 2.29. The van der Waals surface area contributed by atoms with Gasteiger partial charge in [0.05, 0.1) is 24.8 Å². The molecule has 0 fully saturated rings. The second kappa shape index (κ2) is 8.00. The van der Waals surface area contributed by atoms with E-state index in [-0.39, 0.29) is 17.2 Å². The Labute approximate surface area is 146 Å². The molecule has 0 unspecified atom stereocenters. The number of sulfonamides is 1. The first-order valence-corrected chi connectivity index (χ1v) is 9.01. The Morgan fingerprint density at radius 2 is 1.76 bits per heavy atom. The van der Waals surface area contributed by atoms with E-state index >= 15 is 0 Å². The van der Waals surface area contributed by atoms with Crippen LogP contribution in [-0.2, 0) is 21.2 Å². The van der Waals surface area contributed by atoms with Crippen molar-refractivity contribution in [3.63, 3.8) is 0 Å². The van der Waals surface area contributed by atoms with Gasteiger partial charge in [-0.2, -0.15) is 0 Å². The highest BCUT2D eigenvalue weighted by molar-refractivity contribution is 7.89. The Kier molecular flexibility index (Phi) is 6.00. The van der Waals surface area contributed by atoms with Crippen molar-refractivity contribution in [1.29, 1.82) is 0 Å². The minimum atomic E-state index is -3.71. The number of aryl methyl sites for hydroxylation is 1. The van der Waals surface area contributed by atoms with Crippen molar-refractivity contribution in [2.24, 2.45) is 5.14 Å². The van der Waals surface area contributed by atoms with Crippen molar-refractivity contribution in [3.05, 3.63) is 48.0 Å². The van der Waals surface area contributed by atoms with E-state index in [0.717, 1.165) is 5.56 Å². The van der Waals surface area contributed by atoms with Crippen LogP contribution in [-0.4, -0.2) is 28.5 Å². The van der Waals surface area contributed by atoms with Crippen molar-refractivity contribution in [2.45, 2.75) is 17.7 Å². The number of ether oxygens (including phenoxy) is 2. The number of amides is 1. The Hall–Kier alpha value is -2.58. The molecular weight excluding hydrogens is 344 g/mol. The quantitative estimate of drug-likeness (QED) is 0.780. The molecule has 0 atom stereocenters. The van der Waals surface area contributed by atoms with Crippen LogP contribution in [0.1, 0.15) is 12.0 Å². The summed E-state index contributed by atoms with van der Waals surface area (Å²) < 4.78 is 32.8. The number of primary sulfonamides is 1. The second-order valence-corrected chi connectivity index (χ2v) is 6.86. The predicted molar refractivity (Wildman–Crippen MR) is 94.3 cm³/mol. The fourth-order valence-electron chi connectivity index (χ4n) is 2.23. The number of nitrogens with two attached hydrogens (primary N) is 1. The third-order valence-electron chi connectivity index (χ3n) is 3.57. The van der Waals surface area contributed by atoms with Crippen LogP contribution < -0.4 is 19.9 Å². The van der Waals surface area contributed by atoms with Crippen LogP contribution in [0.4, 0.5) is 5.69 Å². The summed E-state index contributed by atoms with van der Waals surface area (Å²) in [4.78, 5) is 12.2. The fraction of sp³-hybridized carbons (Fsp3) is 0.235. The highest BCUT2D eigenvalue weighted by Gasteiger charge is 2.10. The number of nitrogens with one attached hydrogen (secondary N) is 1. The molecule has 0 spiro atoms. The van der Waals surface area contributed by atoms with E-state index in [2.05, 4.69) is 5.32 Å². The molecule has 0 aliphatic carbocycles. The number of benzene rings is 2. The molecule has 0 aliphatic rings. The second-order valence-electron chi connectivity index (χ2n) is 5.30. The lowest BCUT2D eigenvalue weighted by molar-refractivity contribution is -0.116. The third kappa shape index (κ3) is 5.20. The molecule has 2 rings (SSSR count). The summed E-state index contributed by atoms with van der Waals surface area (Å²) in [5.74, 6) is 0.948. The zero-order valence-electron chi connectivity index (χ0n) is 14.0. The maximum absolute atomic E-state index is 12.2. The van der Waals surface area contributed by atoms with Crippen molar-refractivity contribution < 1.29 is 22.7 Å². The van der Waals surface area contributed by atoms with Gasteiger partial charge >= 0.3 is 0 Å². The molecule has 25 heavy (non-hydrogen) atoms. The van der Waals surface area contributed by atoms with Crippen LogP contribution in [0.2, 0.25) is 0 Å². The number of carbonyl (C=O) groups excluding carboxylic acids is 1. The predicted octanol–water partition coefficient (Wildman–Crippen LogP) is 1.92. The Morgan fingerprint density at radius 1 is 1.08 bits per heavy atom. The first-order valence-electron chi connectivity index (χ1n) is 7.47. The lowest BCUT2D eigenvalue weighted by Gasteiger charge is -2.11. The van der Waals surface area contributed by atoms with Crippen molar-refractivity contribution in [3.8, 4) is 11.5 Å². The lowest BCUT2D eigenvalue weighted by atomic mass is 10.1. The minimum absolute atomic E-state index is 0.0434. The minimum Gasteiger partial charge on any atom is -0.497 e. The van der Waals surface area contributed by atoms with Crippen LogP contribution in [0, 0.1) is 0 Å². The molecule has 0 aliphatic heterocycles. The van der Waals surface area contributed by atoms with E-state index in [1.807, 2.05) is 0 Å². The molecule has 1 amide bonds. The molecule has 7 nitrogen and oxygen atoms in total. The molecule has 2 aromatic carbocycles. The first-order chi connectivity index (χ1) is 11.8. The Bertz CT molecular complexity index is 848. The smallest absolute Gasteiger partial charge is 0.238 e. The van der Waals surface area contributed by atoms with Crippen LogP contribution in [0.15, 0.2) is 47.4 Å². The average Bonchev–Trinajstić information content (AvgIpc) is 2.59. The molecule has 2 aromatic rings. The van der Waals surface area contributed by atoms with E-state index in [0.29, 0.717) is 23.6 Å². The van der Waals surface area contributed by atoms with Gasteiger partial charge in [-0.1, -0.05) is 12.1 Å². The molecule has 0 heterocycles. The highest BCUT2D eigenvalue weighted by atomic mass is 32.2. The molecule has 134 valence electrons. The van der Waals surface area contributed by atoms with Gasteiger partial charge in [0, 0.05) is 12.5 Å². The first kappa shape index (κ1) is 18.8. The summed E-state index contributed by atoms with van der Waals surface area (Å²) in [6, 6.07) is 11.2. The lowest BCUT2D eigenvalue weighted by Crippen LogP contribution is -2.14. The molecule has 3 N–H and O–H groups in total. The van der Waals surface area contributed by atoms with E-state index in [4.69, 9.17) is 14.6 Å². The van der Waals surface area contributed by atoms with Crippen LogP contribution in [0.5, 0.6) is 11.5 Å². The van der Waals surface area contributed by atoms with Crippen LogP contribution in [0.3, 0.4) is 0 Å². The van der Waals surface area contributed by atoms with Gasteiger partial charge in [-0.25, -0.2) is 13.6 Å². The SMILES string of the molecule is COc1ccc(OC)c(NC(=O)CCc2ccc(S(N)(=O)=O)cc2)c1. The summed E-state index contributed by atoms with van der Waals surface area (Å²) in [5, 5.41) is 7.83. The molecule has 8 heteroatoms. The Balaban J connectivity index is 1.99. The summed E-state index contributed by atoms with van der Waals surface area (Å²) in [5.41, 5.74) is 1.36. The topological polar surface area (TPSA) is 108 Å². The fourth-order valence-corrected chi connectivity index (χ4v) is 2.74. The average molecular weight is 364 g/mol. The van der Waals surface area contributed by atoms with E-state index < -0.39 is 10.0 Å². The monoisotopic (exact) mass is 364 g/mol. The molecule has 0 radical (unpaired) electrons. The molecule has 0 bridgehead atoms. The normalized spacial score (nSPS) is 11.0. The zero-order chi connectivity index (χ0) is 18.4. The Morgan fingerprint density at radius 3 is 2.32 bits per heavy atom.